The zero-order chi connectivity index (χ0) is 19.4. The first-order valence-electron chi connectivity index (χ1n) is 7.73. The van der Waals surface area contributed by atoms with Crippen molar-refractivity contribution in [3.8, 4) is 17.0 Å². The Balaban J connectivity index is 1.64. The van der Waals surface area contributed by atoms with E-state index < -0.39 is 17.6 Å². The van der Waals surface area contributed by atoms with Gasteiger partial charge in [-0.1, -0.05) is 11.6 Å². The molecule has 0 aliphatic heterocycles. The van der Waals surface area contributed by atoms with Crippen molar-refractivity contribution in [1.82, 2.24) is 21.0 Å². The minimum Gasteiger partial charge on any atom is -0.497 e. The molecule has 138 valence electrons. The number of amides is 2. The second-order valence-corrected chi connectivity index (χ2v) is 5.86. The molecule has 0 saturated heterocycles. The van der Waals surface area contributed by atoms with Gasteiger partial charge in [-0.3, -0.25) is 25.5 Å². The highest BCUT2D eigenvalue weighted by Crippen LogP contribution is 2.21. The second kappa shape index (κ2) is 7.88. The molecule has 0 aliphatic rings. The number of ether oxygens (including phenoxy) is 1. The van der Waals surface area contributed by atoms with Crippen LogP contribution in [0.4, 0.5) is 4.39 Å². The number of halogens is 2. The lowest BCUT2D eigenvalue weighted by molar-refractivity contribution is 0.0841. The number of rotatable bonds is 4. The lowest BCUT2D eigenvalue weighted by Gasteiger charge is -2.07. The Morgan fingerprint density at radius 1 is 1.07 bits per heavy atom. The first kappa shape index (κ1) is 18.4. The summed E-state index contributed by atoms with van der Waals surface area (Å²) in [5.74, 6) is -1.54. The second-order valence-electron chi connectivity index (χ2n) is 5.43. The molecule has 7 nitrogen and oxygen atoms in total. The number of carbonyl (C=O) groups excluding carboxylic acids is 2. The Labute approximate surface area is 158 Å². The van der Waals surface area contributed by atoms with Crippen LogP contribution in [-0.2, 0) is 0 Å². The lowest BCUT2D eigenvalue weighted by Crippen LogP contribution is -2.42. The molecule has 0 spiro atoms. The van der Waals surface area contributed by atoms with E-state index in [1.807, 2.05) is 0 Å². The van der Waals surface area contributed by atoms with Crippen molar-refractivity contribution in [3.05, 3.63) is 70.6 Å². The van der Waals surface area contributed by atoms with Crippen molar-refractivity contribution in [1.29, 1.82) is 0 Å². The third kappa shape index (κ3) is 4.24. The minimum absolute atomic E-state index is 0.123. The van der Waals surface area contributed by atoms with Crippen LogP contribution in [0.25, 0.3) is 11.3 Å². The molecule has 3 N–H and O–H groups in total. The van der Waals surface area contributed by atoms with Crippen molar-refractivity contribution in [2.45, 2.75) is 0 Å². The topological polar surface area (TPSA) is 96.1 Å². The molecule has 2 amide bonds. The molecule has 1 aromatic heterocycles. The van der Waals surface area contributed by atoms with Crippen LogP contribution in [0.3, 0.4) is 0 Å². The van der Waals surface area contributed by atoms with Crippen LogP contribution >= 0.6 is 11.6 Å². The van der Waals surface area contributed by atoms with Gasteiger partial charge in [-0.15, -0.1) is 0 Å². The number of hydrazine groups is 1. The number of carbonyl (C=O) groups is 2. The van der Waals surface area contributed by atoms with Gasteiger partial charge in [-0.05, 0) is 48.5 Å². The number of hydrogen-bond donors (Lipinski definition) is 3. The van der Waals surface area contributed by atoms with Gasteiger partial charge in [0.1, 0.15) is 17.3 Å². The molecule has 1 heterocycles. The third-order valence-electron chi connectivity index (χ3n) is 3.67. The number of H-pyrrole nitrogens is 1. The molecule has 0 unspecified atom stereocenters. The monoisotopic (exact) mass is 388 g/mol. The molecule has 2 aromatic carbocycles. The SMILES string of the molecule is COc1ccc(-c2cc(C(=O)NNC(=O)c3ccc(Cl)cc3F)[nH]n2)cc1. The van der Waals surface area contributed by atoms with Gasteiger partial charge in [0.15, 0.2) is 0 Å². The fourth-order valence-corrected chi connectivity index (χ4v) is 2.43. The van der Waals surface area contributed by atoms with Crippen molar-refractivity contribution in [3.63, 3.8) is 0 Å². The van der Waals surface area contributed by atoms with Crippen LogP contribution in [0.5, 0.6) is 5.75 Å². The van der Waals surface area contributed by atoms with Gasteiger partial charge in [0.2, 0.25) is 0 Å². The number of hydrogen-bond acceptors (Lipinski definition) is 4. The molecule has 0 atom stereocenters. The summed E-state index contributed by atoms with van der Waals surface area (Å²) < 4.78 is 18.8. The van der Waals surface area contributed by atoms with Crippen LogP contribution < -0.4 is 15.6 Å². The average molecular weight is 389 g/mol. The summed E-state index contributed by atoms with van der Waals surface area (Å²) >= 11 is 5.64. The van der Waals surface area contributed by atoms with Crippen molar-refractivity contribution in [2.75, 3.05) is 7.11 Å². The van der Waals surface area contributed by atoms with Gasteiger partial charge >= 0.3 is 0 Å². The number of methoxy groups -OCH3 is 1. The molecular weight excluding hydrogens is 375 g/mol. The molecule has 0 bridgehead atoms. The van der Waals surface area contributed by atoms with Gasteiger partial charge in [-0.2, -0.15) is 5.10 Å². The van der Waals surface area contributed by atoms with E-state index in [1.165, 1.54) is 18.2 Å². The maximum atomic E-state index is 13.7. The number of nitrogens with one attached hydrogen (secondary N) is 3. The van der Waals surface area contributed by atoms with E-state index in [-0.39, 0.29) is 16.3 Å². The van der Waals surface area contributed by atoms with E-state index in [2.05, 4.69) is 21.0 Å². The Morgan fingerprint density at radius 3 is 2.44 bits per heavy atom. The normalized spacial score (nSPS) is 10.3. The zero-order valence-corrected chi connectivity index (χ0v) is 14.8. The van der Waals surface area contributed by atoms with Gasteiger partial charge in [0, 0.05) is 10.6 Å². The van der Waals surface area contributed by atoms with E-state index in [9.17, 15) is 14.0 Å². The zero-order valence-electron chi connectivity index (χ0n) is 14.0. The summed E-state index contributed by atoms with van der Waals surface area (Å²) in [4.78, 5) is 24.1. The summed E-state index contributed by atoms with van der Waals surface area (Å²) in [6.07, 6.45) is 0. The van der Waals surface area contributed by atoms with Gasteiger partial charge in [-0.25, -0.2) is 4.39 Å². The summed E-state index contributed by atoms with van der Waals surface area (Å²) in [7, 11) is 1.57. The Bertz CT molecular complexity index is 989. The molecule has 0 saturated carbocycles. The molecule has 3 aromatic rings. The highest BCUT2D eigenvalue weighted by Gasteiger charge is 2.15. The van der Waals surface area contributed by atoms with Crippen LogP contribution in [0, 0.1) is 5.82 Å². The Kier molecular flexibility index (Phi) is 5.37. The van der Waals surface area contributed by atoms with Gasteiger partial charge < -0.3 is 4.74 Å². The molecule has 3 rings (SSSR count). The third-order valence-corrected chi connectivity index (χ3v) is 3.91. The number of benzene rings is 2. The highest BCUT2D eigenvalue weighted by molar-refractivity contribution is 6.30. The van der Waals surface area contributed by atoms with Crippen molar-refractivity contribution in [2.24, 2.45) is 0 Å². The van der Waals surface area contributed by atoms with E-state index in [1.54, 1.807) is 31.4 Å². The maximum absolute atomic E-state index is 13.7. The summed E-state index contributed by atoms with van der Waals surface area (Å²) in [5, 5.41) is 6.80. The van der Waals surface area contributed by atoms with E-state index >= 15 is 0 Å². The number of aromatic nitrogens is 2. The molecule has 0 fully saturated rings. The first-order chi connectivity index (χ1) is 13.0. The quantitative estimate of drug-likeness (QED) is 0.599. The van der Waals surface area contributed by atoms with E-state index in [0.29, 0.717) is 11.4 Å². The van der Waals surface area contributed by atoms with Crippen LogP contribution in [0.2, 0.25) is 5.02 Å². The molecule has 0 aliphatic carbocycles. The Hall–Kier alpha value is -3.39. The van der Waals surface area contributed by atoms with Crippen molar-refractivity contribution >= 4 is 23.4 Å². The molecule has 0 radical (unpaired) electrons. The molecule has 27 heavy (non-hydrogen) atoms. The van der Waals surface area contributed by atoms with Gasteiger partial charge in [0.05, 0.1) is 18.4 Å². The number of aromatic amines is 1. The molecule has 9 heteroatoms. The minimum atomic E-state index is -0.813. The number of nitrogens with zero attached hydrogens (tertiary/aromatic N) is 1. The molecular formula is C18H14ClFN4O3. The van der Waals surface area contributed by atoms with Crippen LogP contribution in [0.1, 0.15) is 20.8 Å². The van der Waals surface area contributed by atoms with E-state index in [4.69, 9.17) is 16.3 Å². The van der Waals surface area contributed by atoms with Crippen LogP contribution in [-0.4, -0.2) is 29.1 Å². The average Bonchev–Trinajstić information content (AvgIpc) is 3.16. The first-order valence-corrected chi connectivity index (χ1v) is 8.11. The smallest absolute Gasteiger partial charge is 0.287 e. The predicted molar refractivity (Wildman–Crippen MR) is 96.9 cm³/mol. The fourth-order valence-electron chi connectivity index (χ4n) is 2.27. The summed E-state index contributed by atoms with van der Waals surface area (Å²) in [6, 6.07) is 12.2. The fraction of sp³-hybridized carbons (Fsp3) is 0.0556. The Morgan fingerprint density at radius 2 is 1.78 bits per heavy atom. The standard InChI is InChI=1S/C18H14ClFN4O3/c1-27-12-5-2-10(3-6-12)15-9-16(22-21-15)18(26)24-23-17(25)13-7-4-11(19)8-14(13)20/h2-9H,1H3,(H,21,22)(H,23,25)(H,24,26). The van der Waals surface area contributed by atoms with Crippen LogP contribution in [0.15, 0.2) is 48.5 Å². The summed E-state index contributed by atoms with van der Waals surface area (Å²) in [5.41, 5.74) is 5.52. The van der Waals surface area contributed by atoms with E-state index in [0.717, 1.165) is 11.6 Å². The predicted octanol–water partition coefficient (Wildman–Crippen LogP) is 2.95. The highest BCUT2D eigenvalue weighted by atomic mass is 35.5. The van der Waals surface area contributed by atoms with Gasteiger partial charge in [0.25, 0.3) is 11.8 Å². The largest absolute Gasteiger partial charge is 0.497 e. The maximum Gasteiger partial charge on any atom is 0.287 e. The lowest BCUT2D eigenvalue weighted by atomic mass is 10.1. The van der Waals surface area contributed by atoms with Crippen molar-refractivity contribution < 1.29 is 18.7 Å². The summed E-state index contributed by atoms with van der Waals surface area (Å²) in [6.45, 7) is 0.